The molecular weight excluding hydrogens is 192 g/mol. The van der Waals surface area contributed by atoms with E-state index in [0.29, 0.717) is 0 Å². The largest absolute Gasteiger partial charge is 0.350 e. The van der Waals surface area contributed by atoms with Crippen molar-refractivity contribution in [3.8, 4) is 0 Å². The minimum atomic E-state index is -0.761. The Hall–Kier alpha value is -1.37. The molecule has 0 aromatic heterocycles. The normalized spacial score (nSPS) is 14.5. The molecule has 1 saturated carbocycles. The number of nitrogens with two attached hydrogens (primary N) is 1. The maximum Gasteiger partial charge on any atom is 0.330 e. The smallest absolute Gasteiger partial charge is 0.330 e. The van der Waals surface area contributed by atoms with E-state index >= 15 is 0 Å². The standard InChI is InChI=1S/C6H10N4O2S/c7-5(12)9-10-6(13)8-4(11)3-1-2-3/h3H,1-2H2,(H3,7,9,12)(H2,8,10,11,13). The second-order valence-electron chi connectivity index (χ2n) is 2.71. The van der Waals surface area contributed by atoms with Crippen LogP contribution in [0.3, 0.4) is 0 Å². The number of hydrazine groups is 1. The predicted octanol–water partition coefficient (Wildman–Crippen LogP) is -1.03. The Labute approximate surface area is 80.2 Å². The van der Waals surface area contributed by atoms with Gasteiger partial charge in [0, 0.05) is 5.92 Å². The lowest BCUT2D eigenvalue weighted by Gasteiger charge is -2.07. The fourth-order valence-corrected chi connectivity index (χ4v) is 0.861. The van der Waals surface area contributed by atoms with Gasteiger partial charge in [0.1, 0.15) is 0 Å². The molecule has 0 aliphatic heterocycles. The molecule has 0 spiro atoms. The summed E-state index contributed by atoms with van der Waals surface area (Å²) in [5.74, 6) is -0.0444. The van der Waals surface area contributed by atoms with Gasteiger partial charge in [-0.2, -0.15) is 0 Å². The lowest BCUT2D eigenvalue weighted by atomic mass is 10.4. The summed E-state index contributed by atoms with van der Waals surface area (Å²) in [7, 11) is 0. The summed E-state index contributed by atoms with van der Waals surface area (Å²) >= 11 is 4.68. The first-order valence-electron chi connectivity index (χ1n) is 3.76. The number of hydrogen-bond acceptors (Lipinski definition) is 3. The third-order valence-corrected chi connectivity index (χ3v) is 1.69. The number of carbonyl (C=O) groups is 2. The first-order chi connectivity index (χ1) is 6.09. The van der Waals surface area contributed by atoms with Gasteiger partial charge < -0.3 is 11.1 Å². The Kier molecular flexibility index (Phi) is 3.02. The molecule has 0 atom stereocenters. The van der Waals surface area contributed by atoms with Crippen LogP contribution in [-0.4, -0.2) is 17.1 Å². The quantitative estimate of drug-likeness (QED) is 0.323. The minimum absolute atomic E-state index is 0.0516. The van der Waals surface area contributed by atoms with E-state index in [1.54, 1.807) is 0 Å². The number of primary amides is 1. The van der Waals surface area contributed by atoms with Crippen molar-refractivity contribution in [1.29, 1.82) is 0 Å². The van der Waals surface area contributed by atoms with Gasteiger partial charge in [0.15, 0.2) is 5.11 Å². The number of urea groups is 1. The van der Waals surface area contributed by atoms with Gasteiger partial charge in [-0.25, -0.2) is 10.2 Å². The van der Waals surface area contributed by atoms with Gasteiger partial charge in [0.2, 0.25) is 5.91 Å². The van der Waals surface area contributed by atoms with Crippen LogP contribution in [0.2, 0.25) is 0 Å². The number of carbonyl (C=O) groups excluding carboxylic acids is 2. The fourth-order valence-electron chi connectivity index (χ4n) is 0.709. The van der Waals surface area contributed by atoms with Crippen molar-refractivity contribution < 1.29 is 9.59 Å². The first kappa shape index (κ1) is 9.72. The molecule has 1 rings (SSSR count). The molecule has 5 N–H and O–H groups in total. The molecule has 13 heavy (non-hydrogen) atoms. The lowest BCUT2D eigenvalue weighted by molar-refractivity contribution is -0.120. The van der Waals surface area contributed by atoms with E-state index in [1.165, 1.54) is 0 Å². The number of nitrogens with one attached hydrogen (secondary N) is 3. The van der Waals surface area contributed by atoms with Gasteiger partial charge in [0.25, 0.3) is 0 Å². The van der Waals surface area contributed by atoms with Crippen molar-refractivity contribution in [3.05, 3.63) is 0 Å². The summed E-state index contributed by atoms with van der Waals surface area (Å²) in [6.07, 6.45) is 1.80. The molecule has 0 heterocycles. The summed E-state index contributed by atoms with van der Waals surface area (Å²) in [4.78, 5) is 21.3. The van der Waals surface area contributed by atoms with Gasteiger partial charge in [-0.15, -0.1) is 0 Å². The van der Waals surface area contributed by atoms with Gasteiger partial charge in [-0.1, -0.05) is 0 Å². The molecule has 0 unspecified atom stereocenters. The second kappa shape index (κ2) is 4.04. The van der Waals surface area contributed by atoms with Crippen LogP contribution in [0.4, 0.5) is 4.79 Å². The van der Waals surface area contributed by atoms with E-state index in [1.807, 2.05) is 5.43 Å². The van der Waals surface area contributed by atoms with Crippen molar-refractivity contribution in [2.24, 2.45) is 11.7 Å². The summed E-state index contributed by atoms with van der Waals surface area (Å²) in [5, 5.41) is 2.46. The maximum absolute atomic E-state index is 11.1. The van der Waals surface area contributed by atoms with Crippen LogP contribution in [0, 0.1) is 5.92 Å². The van der Waals surface area contributed by atoms with Gasteiger partial charge in [-0.05, 0) is 25.1 Å². The van der Waals surface area contributed by atoms with E-state index < -0.39 is 6.03 Å². The highest BCUT2D eigenvalue weighted by Crippen LogP contribution is 2.28. The SMILES string of the molecule is NC(=O)NNC(=S)NC(=O)C1CC1. The zero-order chi connectivity index (χ0) is 9.84. The topological polar surface area (TPSA) is 96.2 Å². The van der Waals surface area contributed by atoms with E-state index in [2.05, 4.69) is 23.0 Å². The van der Waals surface area contributed by atoms with Crippen LogP contribution in [-0.2, 0) is 4.79 Å². The van der Waals surface area contributed by atoms with Crippen LogP contribution < -0.4 is 21.9 Å². The molecule has 0 aromatic rings. The Morgan fingerprint density at radius 2 is 1.92 bits per heavy atom. The number of amides is 3. The fraction of sp³-hybridized carbons (Fsp3) is 0.500. The summed E-state index contributed by atoms with van der Waals surface area (Å²) in [6, 6.07) is -0.761. The summed E-state index contributed by atoms with van der Waals surface area (Å²) in [5.41, 5.74) is 9.07. The van der Waals surface area contributed by atoms with E-state index in [0.717, 1.165) is 12.8 Å². The lowest BCUT2D eigenvalue weighted by Crippen LogP contribution is -2.50. The molecule has 1 fully saturated rings. The predicted molar refractivity (Wildman–Crippen MR) is 49.3 cm³/mol. The Bertz CT molecular complexity index is 251. The van der Waals surface area contributed by atoms with Crippen LogP contribution in [0.1, 0.15) is 12.8 Å². The van der Waals surface area contributed by atoms with Crippen LogP contribution in [0.5, 0.6) is 0 Å². The van der Waals surface area contributed by atoms with Crippen molar-refractivity contribution in [3.63, 3.8) is 0 Å². The van der Waals surface area contributed by atoms with Gasteiger partial charge in [-0.3, -0.25) is 10.2 Å². The molecule has 0 saturated heterocycles. The number of rotatable bonds is 1. The summed E-state index contributed by atoms with van der Waals surface area (Å²) in [6.45, 7) is 0. The van der Waals surface area contributed by atoms with Crippen LogP contribution in [0.15, 0.2) is 0 Å². The molecule has 1 aliphatic carbocycles. The first-order valence-corrected chi connectivity index (χ1v) is 4.16. The molecular formula is C6H10N4O2S. The van der Waals surface area contributed by atoms with Gasteiger partial charge >= 0.3 is 6.03 Å². The molecule has 72 valence electrons. The third kappa shape index (κ3) is 3.70. The minimum Gasteiger partial charge on any atom is -0.350 e. The van der Waals surface area contributed by atoms with E-state index in [9.17, 15) is 9.59 Å². The van der Waals surface area contributed by atoms with Crippen molar-refractivity contribution >= 4 is 29.3 Å². The number of thiocarbonyl (C=S) groups is 1. The average Bonchev–Trinajstić information content (AvgIpc) is 2.82. The highest BCUT2D eigenvalue weighted by Gasteiger charge is 2.29. The van der Waals surface area contributed by atoms with Gasteiger partial charge in [0.05, 0.1) is 0 Å². The van der Waals surface area contributed by atoms with Crippen molar-refractivity contribution in [2.45, 2.75) is 12.8 Å². The molecule has 1 aliphatic rings. The molecule has 6 nitrogen and oxygen atoms in total. The zero-order valence-electron chi connectivity index (χ0n) is 6.79. The third-order valence-electron chi connectivity index (χ3n) is 1.48. The molecule has 0 aromatic carbocycles. The van der Waals surface area contributed by atoms with Crippen LogP contribution >= 0.6 is 12.2 Å². The molecule has 3 amide bonds. The molecule has 0 radical (unpaired) electrons. The number of hydrogen-bond donors (Lipinski definition) is 4. The highest BCUT2D eigenvalue weighted by atomic mass is 32.1. The van der Waals surface area contributed by atoms with Crippen molar-refractivity contribution in [2.75, 3.05) is 0 Å². The zero-order valence-corrected chi connectivity index (χ0v) is 7.61. The molecule has 7 heteroatoms. The Morgan fingerprint density at radius 3 is 2.38 bits per heavy atom. The average molecular weight is 202 g/mol. The maximum atomic E-state index is 11.1. The van der Waals surface area contributed by atoms with E-state index in [4.69, 9.17) is 5.73 Å². The van der Waals surface area contributed by atoms with Crippen molar-refractivity contribution in [1.82, 2.24) is 16.2 Å². The molecule has 0 bridgehead atoms. The second-order valence-corrected chi connectivity index (χ2v) is 3.12. The monoisotopic (exact) mass is 202 g/mol. The highest BCUT2D eigenvalue weighted by molar-refractivity contribution is 7.80. The summed E-state index contributed by atoms with van der Waals surface area (Å²) < 4.78 is 0. The van der Waals surface area contributed by atoms with E-state index in [-0.39, 0.29) is 16.9 Å². The Balaban J connectivity index is 2.16. The van der Waals surface area contributed by atoms with Crippen LogP contribution in [0.25, 0.3) is 0 Å². The Morgan fingerprint density at radius 1 is 1.31 bits per heavy atom.